The third kappa shape index (κ3) is 5.71. The van der Waals surface area contributed by atoms with Gasteiger partial charge in [0, 0.05) is 17.1 Å². The molecule has 1 heterocycles. The normalized spacial score (nSPS) is 15.7. The summed E-state index contributed by atoms with van der Waals surface area (Å²) < 4.78 is 30.5. The Morgan fingerprint density at radius 2 is 1.91 bits per heavy atom. The second kappa shape index (κ2) is 9.77. The van der Waals surface area contributed by atoms with Crippen LogP contribution in [0.15, 0.2) is 36.4 Å². The van der Waals surface area contributed by atoms with Crippen LogP contribution in [0.2, 0.25) is 5.02 Å². The second-order valence-electron chi connectivity index (χ2n) is 8.45. The van der Waals surface area contributed by atoms with Gasteiger partial charge >= 0.3 is 12.1 Å². The van der Waals surface area contributed by atoms with E-state index in [9.17, 15) is 14.0 Å². The number of fused-ring (bicyclic) bond motifs is 1. The fourth-order valence-corrected chi connectivity index (χ4v) is 3.82. The summed E-state index contributed by atoms with van der Waals surface area (Å²) in [6, 6.07) is 8.72. The van der Waals surface area contributed by atoms with Crippen LogP contribution in [0.1, 0.15) is 50.4 Å². The third-order valence-electron chi connectivity index (χ3n) is 4.88. The number of carbonyl (C=O) groups is 2. The van der Waals surface area contributed by atoms with Gasteiger partial charge in [0.1, 0.15) is 17.2 Å². The van der Waals surface area contributed by atoms with Crippen LogP contribution < -0.4 is 4.74 Å². The molecule has 0 aliphatic carbocycles. The molecule has 32 heavy (non-hydrogen) atoms. The number of benzene rings is 2. The molecule has 0 saturated carbocycles. The van der Waals surface area contributed by atoms with Gasteiger partial charge in [-0.1, -0.05) is 17.7 Å². The molecule has 1 aliphatic heterocycles. The van der Waals surface area contributed by atoms with E-state index in [1.807, 2.05) is 0 Å². The van der Waals surface area contributed by atoms with E-state index in [1.165, 1.54) is 17.0 Å². The summed E-state index contributed by atoms with van der Waals surface area (Å²) in [5, 5.41) is 0.413. The molecule has 0 fully saturated rings. The van der Waals surface area contributed by atoms with Crippen molar-refractivity contribution in [2.45, 2.75) is 45.8 Å². The number of esters is 1. The topological polar surface area (TPSA) is 65.1 Å². The van der Waals surface area contributed by atoms with Crippen LogP contribution in [0.3, 0.4) is 0 Å². The summed E-state index contributed by atoms with van der Waals surface area (Å²) in [6.45, 7) is 7.34. The molecular weight excluding hydrogens is 437 g/mol. The van der Waals surface area contributed by atoms with Gasteiger partial charge in [0.2, 0.25) is 0 Å². The highest BCUT2D eigenvalue weighted by atomic mass is 35.5. The molecule has 0 saturated heterocycles. The molecule has 0 bridgehead atoms. The number of hydrogen-bond donors (Lipinski definition) is 0. The van der Waals surface area contributed by atoms with Crippen LogP contribution >= 0.6 is 11.6 Å². The van der Waals surface area contributed by atoms with E-state index in [0.717, 1.165) is 5.56 Å². The van der Waals surface area contributed by atoms with Gasteiger partial charge in [-0.15, -0.1) is 0 Å². The van der Waals surface area contributed by atoms with E-state index in [1.54, 1.807) is 52.0 Å². The number of ether oxygens (including phenoxy) is 3. The Bertz CT molecular complexity index is 1000. The highest BCUT2D eigenvalue weighted by molar-refractivity contribution is 6.30. The maximum Gasteiger partial charge on any atom is 0.411 e. The lowest BCUT2D eigenvalue weighted by Crippen LogP contribution is -2.43. The Morgan fingerprint density at radius 1 is 1.16 bits per heavy atom. The van der Waals surface area contributed by atoms with Crippen molar-refractivity contribution in [3.05, 3.63) is 63.9 Å². The van der Waals surface area contributed by atoms with Gasteiger partial charge < -0.3 is 14.2 Å². The lowest BCUT2D eigenvalue weighted by molar-refractivity contribution is -0.145. The lowest BCUT2D eigenvalue weighted by atomic mass is 9.88. The Balaban J connectivity index is 2.08. The van der Waals surface area contributed by atoms with Crippen LogP contribution in [-0.4, -0.2) is 42.3 Å². The van der Waals surface area contributed by atoms with Crippen molar-refractivity contribution >= 4 is 23.7 Å². The largest absolute Gasteiger partial charge is 0.482 e. The Hall–Kier alpha value is -2.80. The number of halogens is 2. The quantitative estimate of drug-likeness (QED) is 0.563. The fraction of sp³-hybridized carbons (Fsp3) is 0.417. The molecule has 6 nitrogen and oxygen atoms in total. The number of amides is 1. The molecule has 172 valence electrons. The number of hydrogen-bond acceptors (Lipinski definition) is 5. The van der Waals surface area contributed by atoms with Crippen LogP contribution in [0.25, 0.3) is 0 Å². The summed E-state index contributed by atoms with van der Waals surface area (Å²) in [4.78, 5) is 26.5. The molecule has 0 N–H and O–H groups in total. The van der Waals surface area contributed by atoms with Crippen molar-refractivity contribution in [1.82, 2.24) is 4.90 Å². The maximum atomic E-state index is 14.2. The zero-order valence-corrected chi connectivity index (χ0v) is 19.4. The smallest absolute Gasteiger partial charge is 0.411 e. The Labute approximate surface area is 192 Å². The number of nitrogens with zero attached hydrogens (tertiary/aromatic N) is 1. The standard InChI is InChI=1S/C24H27ClFNO5/c1-5-30-21(28)14-31-20-9-7-16(25)12-19(20)22-18-13-17(26)8-6-15(18)10-11-27(22)23(29)32-24(2,3)4/h6-9,12-13,22H,5,10-11,14H2,1-4H3. The number of carbonyl (C=O) groups excluding carboxylic acids is 2. The number of rotatable bonds is 5. The first-order valence-corrected chi connectivity index (χ1v) is 10.8. The first kappa shape index (κ1) is 23.9. The van der Waals surface area contributed by atoms with Crippen molar-refractivity contribution in [3.8, 4) is 5.75 Å². The van der Waals surface area contributed by atoms with Crippen LogP contribution in [0.5, 0.6) is 5.75 Å². The molecule has 0 radical (unpaired) electrons. The van der Waals surface area contributed by atoms with Gasteiger partial charge in [-0.25, -0.2) is 14.0 Å². The molecule has 8 heteroatoms. The molecule has 1 atom stereocenters. The zero-order chi connectivity index (χ0) is 23.5. The molecular formula is C24H27ClFNO5. The summed E-state index contributed by atoms with van der Waals surface area (Å²) in [7, 11) is 0. The van der Waals surface area contributed by atoms with Gasteiger partial charge in [0.15, 0.2) is 6.61 Å². The summed E-state index contributed by atoms with van der Waals surface area (Å²) in [6.07, 6.45) is 0.0130. The minimum Gasteiger partial charge on any atom is -0.482 e. The van der Waals surface area contributed by atoms with E-state index in [4.69, 9.17) is 25.8 Å². The predicted molar refractivity (Wildman–Crippen MR) is 118 cm³/mol. The van der Waals surface area contributed by atoms with Gasteiger partial charge in [0.25, 0.3) is 0 Å². The molecule has 3 rings (SSSR count). The maximum absolute atomic E-state index is 14.2. The first-order valence-electron chi connectivity index (χ1n) is 10.4. The first-order chi connectivity index (χ1) is 15.1. The minimum atomic E-state index is -0.708. The van der Waals surface area contributed by atoms with E-state index >= 15 is 0 Å². The average molecular weight is 464 g/mol. The molecule has 1 amide bonds. The summed E-state index contributed by atoms with van der Waals surface area (Å²) >= 11 is 6.28. The van der Waals surface area contributed by atoms with Crippen LogP contribution in [-0.2, 0) is 20.7 Å². The zero-order valence-electron chi connectivity index (χ0n) is 18.6. The molecule has 0 aromatic heterocycles. The monoisotopic (exact) mass is 463 g/mol. The minimum absolute atomic E-state index is 0.233. The summed E-state index contributed by atoms with van der Waals surface area (Å²) in [5.41, 5.74) is 1.35. The van der Waals surface area contributed by atoms with E-state index in [-0.39, 0.29) is 13.2 Å². The second-order valence-corrected chi connectivity index (χ2v) is 8.88. The average Bonchev–Trinajstić information content (AvgIpc) is 2.70. The van der Waals surface area contributed by atoms with Crippen LogP contribution in [0.4, 0.5) is 9.18 Å². The fourth-order valence-electron chi connectivity index (χ4n) is 3.64. The highest BCUT2D eigenvalue weighted by Gasteiger charge is 2.36. The predicted octanol–water partition coefficient (Wildman–Crippen LogP) is 5.30. The van der Waals surface area contributed by atoms with E-state index in [2.05, 4.69) is 0 Å². The Morgan fingerprint density at radius 3 is 2.59 bits per heavy atom. The van der Waals surface area contributed by atoms with Crippen molar-refractivity contribution in [3.63, 3.8) is 0 Å². The molecule has 1 aliphatic rings. The van der Waals surface area contributed by atoms with Gasteiger partial charge in [-0.05, 0) is 75.6 Å². The van der Waals surface area contributed by atoms with Crippen molar-refractivity contribution < 1.29 is 28.2 Å². The van der Waals surface area contributed by atoms with E-state index < -0.39 is 29.5 Å². The highest BCUT2D eigenvalue weighted by Crippen LogP contribution is 2.41. The molecule has 1 unspecified atom stereocenters. The van der Waals surface area contributed by atoms with Crippen molar-refractivity contribution in [2.24, 2.45) is 0 Å². The van der Waals surface area contributed by atoms with Crippen molar-refractivity contribution in [2.75, 3.05) is 19.8 Å². The van der Waals surface area contributed by atoms with Crippen molar-refractivity contribution in [1.29, 1.82) is 0 Å². The third-order valence-corrected chi connectivity index (χ3v) is 5.12. The SMILES string of the molecule is CCOC(=O)COc1ccc(Cl)cc1C1c2cc(F)ccc2CCN1C(=O)OC(C)(C)C. The molecule has 2 aromatic carbocycles. The lowest BCUT2D eigenvalue weighted by Gasteiger charge is -2.39. The Kier molecular flexibility index (Phi) is 7.29. The van der Waals surface area contributed by atoms with Gasteiger partial charge in [-0.3, -0.25) is 4.90 Å². The van der Waals surface area contributed by atoms with E-state index in [0.29, 0.717) is 34.9 Å². The molecule has 0 spiro atoms. The van der Waals surface area contributed by atoms with Gasteiger partial charge in [-0.2, -0.15) is 0 Å². The molecule has 2 aromatic rings. The summed E-state index contributed by atoms with van der Waals surface area (Å²) in [5.74, 6) is -0.596. The van der Waals surface area contributed by atoms with Crippen LogP contribution in [0, 0.1) is 5.82 Å². The van der Waals surface area contributed by atoms with Gasteiger partial charge in [0.05, 0.1) is 12.6 Å².